The predicted molar refractivity (Wildman–Crippen MR) is 127 cm³/mol. The number of piperidine rings is 1. The molecule has 33 heavy (non-hydrogen) atoms. The molecule has 9 heteroatoms. The van der Waals surface area contributed by atoms with Crippen LogP contribution < -0.4 is 10.3 Å². The van der Waals surface area contributed by atoms with E-state index in [9.17, 15) is 14.9 Å². The van der Waals surface area contributed by atoms with Crippen LogP contribution in [0.4, 0.5) is 11.4 Å². The third kappa shape index (κ3) is 6.15. The summed E-state index contributed by atoms with van der Waals surface area (Å²) in [6, 6.07) is 12.2. The zero-order valence-corrected chi connectivity index (χ0v) is 18.6. The van der Waals surface area contributed by atoms with E-state index >= 15 is 0 Å². The number of ether oxygens (including phenoxy) is 1. The number of nitro groups is 1. The molecule has 9 nitrogen and oxygen atoms in total. The quantitative estimate of drug-likeness (QED) is 0.394. The zero-order valence-electron chi connectivity index (χ0n) is 18.6. The molecule has 0 unspecified atom stereocenters. The van der Waals surface area contributed by atoms with Crippen LogP contribution in [0.5, 0.6) is 0 Å². The number of hydrogen-bond acceptors (Lipinski definition) is 7. The third-order valence-electron chi connectivity index (χ3n) is 6.01. The Morgan fingerprint density at radius 1 is 1.06 bits per heavy atom. The van der Waals surface area contributed by atoms with Gasteiger partial charge < -0.3 is 9.64 Å². The highest BCUT2D eigenvalue weighted by Crippen LogP contribution is 2.27. The molecule has 1 N–H and O–H groups in total. The lowest BCUT2D eigenvalue weighted by molar-refractivity contribution is -0.384. The Morgan fingerprint density at radius 3 is 2.48 bits per heavy atom. The first-order chi connectivity index (χ1) is 16.1. The summed E-state index contributed by atoms with van der Waals surface area (Å²) in [5, 5.41) is 15.3. The predicted octanol–water partition coefficient (Wildman–Crippen LogP) is 3.18. The third-order valence-corrected chi connectivity index (χ3v) is 6.01. The molecule has 0 bridgehead atoms. The molecule has 4 rings (SSSR count). The summed E-state index contributed by atoms with van der Waals surface area (Å²) in [7, 11) is 0. The van der Waals surface area contributed by atoms with Gasteiger partial charge in [0.2, 0.25) is 0 Å². The van der Waals surface area contributed by atoms with Crippen LogP contribution in [-0.2, 0) is 11.3 Å². The van der Waals surface area contributed by atoms with Gasteiger partial charge in [-0.3, -0.25) is 19.8 Å². The van der Waals surface area contributed by atoms with Crippen LogP contribution in [0.2, 0.25) is 0 Å². The minimum atomic E-state index is -0.422. The van der Waals surface area contributed by atoms with Crippen molar-refractivity contribution in [3.63, 3.8) is 0 Å². The molecule has 2 aromatic rings. The van der Waals surface area contributed by atoms with Crippen LogP contribution in [0.3, 0.4) is 0 Å². The Bertz CT molecular complexity index is 996. The molecule has 0 aliphatic carbocycles. The minimum absolute atomic E-state index is 0.000562. The lowest BCUT2D eigenvalue weighted by atomic mass is 10.1. The Kier molecular flexibility index (Phi) is 7.64. The van der Waals surface area contributed by atoms with Crippen molar-refractivity contribution in [2.75, 3.05) is 44.3 Å². The molecule has 0 radical (unpaired) electrons. The molecule has 2 saturated heterocycles. The summed E-state index contributed by atoms with van der Waals surface area (Å²) in [5.74, 6) is -0.325. The first kappa shape index (κ1) is 22.9. The second-order valence-corrected chi connectivity index (χ2v) is 8.33. The number of rotatable bonds is 7. The fourth-order valence-electron chi connectivity index (χ4n) is 4.19. The first-order valence-electron chi connectivity index (χ1n) is 11.4. The van der Waals surface area contributed by atoms with Crippen molar-refractivity contribution in [1.29, 1.82) is 0 Å². The number of carbonyl (C=O) groups excluding carboxylic acids is 1. The molecule has 2 fully saturated rings. The van der Waals surface area contributed by atoms with E-state index in [1.807, 2.05) is 12.1 Å². The van der Waals surface area contributed by atoms with Gasteiger partial charge in [0.1, 0.15) is 0 Å². The molecular weight excluding hydrogens is 422 g/mol. The smallest absolute Gasteiger partial charge is 0.271 e. The van der Waals surface area contributed by atoms with Crippen LogP contribution in [0.15, 0.2) is 47.6 Å². The molecule has 0 spiro atoms. The molecule has 0 atom stereocenters. The van der Waals surface area contributed by atoms with Gasteiger partial charge in [-0.25, -0.2) is 5.43 Å². The summed E-state index contributed by atoms with van der Waals surface area (Å²) in [4.78, 5) is 27.9. The lowest BCUT2D eigenvalue weighted by Crippen LogP contribution is -2.35. The molecule has 1 amide bonds. The molecular formula is C24H29N5O4. The number of nitro benzene ring substituents is 1. The number of hydrazone groups is 1. The maximum absolute atomic E-state index is 12.5. The second kappa shape index (κ2) is 11.0. The Hall–Kier alpha value is -3.30. The van der Waals surface area contributed by atoms with Crippen molar-refractivity contribution in [1.82, 2.24) is 10.3 Å². The van der Waals surface area contributed by atoms with E-state index in [0.29, 0.717) is 11.1 Å². The van der Waals surface area contributed by atoms with Crippen molar-refractivity contribution in [3.05, 3.63) is 69.3 Å². The van der Waals surface area contributed by atoms with Crippen molar-refractivity contribution < 1.29 is 14.5 Å². The highest BCUT2D eigenvalue weighted by molar-refractivity contribution is 5.95. The van der Waals surface area contributed by atoms with Gasteiger partial charge in [-0.1, -0.05) is 12.1 Å². The van der Waals surface area contributed by atoms with Gasteiger partial charge in [-0.2, -0.15) is 5.10 Å². The van der Waals surface area contributed by atoms with Crippen LogP contribution in [0, 0.1) is 10.1 Å². The largest absolute Gasteiger partial charge is 0.379 e. The summed E-state index contributed by atoms with van der Waals surface area (Å²) < 4.78 is 5.37. The second-order valence-electron chi connectivity index (χ2n) is 8.33. The molecule has 2 aromatic carbocycles. The van der Waals surface area contributed by atoms with Gasteiger partial charge in [-0.05, 0) is 43.0 Å². The average Bonchev–Trinajstić information content (AvgIpc) is 2.85. The normalized spacial score (nSPS) is 17.3. The number of carbonyl (C=O) groups is 1. The van der Waals surface area contributed by atoms with E-state index in [2.05, 4.69) is 20.3 Å². The number of nitrogens with zero attached hydrogens (tertiary/aromatic N) is 4. The summed E-state index contributed by atoms with van der Waals surface area (Å²) in [5.41, 5.74) is 5.70. The van der Waals surface area contributed by atoms with Crippen LogP contribution in [0.1, 0.15) is 40.7 Å². The maximum Gasteiger partial charge on any atom is 0.271 e. The zero-order chi connectivity index (χ0) is 23.0. The molecule has 2 aliphatic heterocycles. The maximum atomic E-state index is 12.5. The van der Waals surface area contributed by atoms with Gasteiger partial charge in [0.25, 0.3) is 11.6 Å². The summed E-state index contributed by atoms with van der Waals surface area (Å²) in [6.07, 6.45) is 4.85. The standard InChI is InChI=1S/C24H29N5O4/c30-24(20-6-4-19(5-7-20)18-27-12-14-33-15-13-27)26-25-17-21-16-22(29(31)32)8-9-23(21)28-10-2-1-3-11-28/h4-9,16-17H,1-3,10-15,18H2,(H,26,30)/b25-17-. The molecule has 2 heterocycles. The van der Waals surface area contributed by atoms with Gasteiger partial charge in [0, 0.05) is 61.7 Å². The Balaban J connectivity index is 1.41. The molecule has 2 aliphatic rings. The molecule has 0 saturated carbocycles. The number of nitrogens with one attached hydrogen (secondary N) is 1. The number of benzene rings is 2. The average molecular weight is 452 g/mol. The number of anilines is 1. The lowest BCUT2D eigenvalue weighted by Gasteiger charge is -2.29. The van der Waals surface area contributed by atoms with Gasteiger partial charge >= 0.3 is 0 Å². The van der Waals surface area contributed by atoms with Crippen molar-refractivity contribution in [2.45, 2.75) is 25.8 Å². The van der Waals surface area contributed by atoms with Gasteiger partial charge in [0.05, 0.1) is 24.4 Å². The highest BCUT2D eigenvalue weighted by atomic mass is 16.6. The summed E-state index contributed by atoms with van der Waals surface area (Å²) in [6.45, 7) is 5.96. The first-order valence-corrected chi connectivity index (χ1v) is 11.4. The van der Waals surface area contributed by atoms with E-state index in [1.54, 1.807) is 18.2 Å². The van der Waals surface area contributed by atoms with Gasteiger partial charge in [-0.15, -0.1) is 0 Å². The monoisotopic (exact) mass is 451 g/mol. The Morgan fingerprint density at radius 2 is 1.79 bits per heavy atom. The molecule has 174 valence electrons. The van der Waals surface area contributed by atoms with Crippen LogP contribution in [-0.4, -0.2) is 61.3 Å². The van der Waals surface area contributed by atoms with Crippen molar-refractivity contribution in [3.8, 4) is 0 Å². The number of hydrogen-bond donors (Lipinski definition) is 1. The van der Waals surface area contributed by atoms with Gasteiger partial charge in [0.15, 0.2) is 0 Å². The van der Waals surface area contributed by atoms with E-state index in [-0.39, 0.29) is 11.6 Å². The number of amides is 1. The highest BCUT2D eigenvalue weighted by Gasteiger charge is 2.17. The number of morpholine rings is 1. The SMILES string of the molecule is O=C(N/N=C\c1cc([N+](=O)[O-])ccc1N1CCCCC1)c1ccc(CN2CCOCC2)cc1. The van der Waals surface area contributed by atoms with Crippen LogP contribution in [0.25, 0.3) is 0 Å². The van der Waals surface area contributed by atoms with E-state index < -0.39 is 4.92 Å². The fraction of sp³-hybridized carbons (Fsp3) is 0.417. The van der Waals surface area contributed by atoms with Crippen LogP contribution >= 0.6 is 0 Å². The summed E-state index contributed by atoms with van der Waals surface area (Å²) >= 11 is 0. The fourth-order valence-corrected chi connectivity index (χ4v) is 4.19. The molecule has 0 aromatic heterocycles. The number of non-ortho nitro benzene ring substituents is 1. The van der Waals surface area contributed by atoms with Crippen molar-refractivity contribution >= 4 is 23.5 Å². The van der Waals surface area contributed by atoms with E-state index in [1.165, 1.54) is 24.8 Å². The Labute approximate surface area is 193 Å². The van der Waals surface area contributed by atoms with E-state index in [0.717, 1.165) is 70.0 Å². The topological polar surface area (TPSA) is 100 Å². The minimum Gasteiger partial charge on any atom is -0.379 e. The van der Waals surface area contributed by atoms with E-state index in [4.69, 9.17) is 4.74 Å². The van der Waals surface area contributed by atoms with Crippen molar-refractivity contribution in [2.24, 2.45) is 5.10 Å².